The number of allylic oxidation sites excluding steroid dienone is 1. The summed E-state index contributed by atoms with van der Waals surface area (Å²) in [5.74, 6) is 2.44. The smallest absolute Gasteiger partial charge is 0.230 e. The van der Waals surface area contributed by atoms with Crippen LogP contribution in [0.25, 0.3) is 5.57 Å². The molecule has 0 radical (unpaired) electrons. The van der Waals surface area contributed by atoms with Crippen molar-refractivity contribution < 1.29 is 9.53 Å². The van der Waals surface area contributed by atoms with Gasteiger partial charge in [0.05, 0.1) is 7.11 Å². The fourth-order valence-electron chi connectivity index (χ4n) is 6.40. The van der Waals surface area contributed by atoms with Gasteiger partial charge in [0.15, 0.2) is 0 Å². The number of methoxy groups -OCH3 is 1. The van der Waals surface area contributed by atoms with Crippen molar-refractivity contribution in [3.8, 4) is 5.75 Å². The Morgan fingerprint density at radius 3 is 2.48 bits per heavy atom. The van der Waals surface area contributed by atoms with Gasteiger partial charge in [-0.25, -0.2) is 0 Å². The lowest BCUT2D eigenvalue weighted by Crippen LogP contribution is -2.41. The summed E-state index contributed by atoms with van der Waals surface area (Å²) in [4.78, 5) is 16.1. The van der Waals surface area contributed by atoms with Crippen molar-refractivity contribution in [2.75, 3.05) is 18.6 Å². The van der Waals surface area contributed by atoms with Crippen LogP contribution in [-0.4, -0.2) is 31.8 Å². The number of hydrogen-bond donors (Lipinski definition) is 2. The van der Waals surface area contributed by atoms with Gasteiger partial charge in [0.1, 0.15) is 5.75 Å². The van der Waals surface area contributed by atoms with Gasteiger partial charge in [-0.05, 0) is 106 Å². The van der Waals surface area contributed by atoms with Gasteiger partial charge in [-0.1, -0.05) is 50.5 Å². The lowest BCUT2D eigenvalue weighted by molar-refractivity contribution is -0.123. The minimum Gasteiger partial charge on any atom is -0.496 e. The van der Waals surface area contributed by atoms with Crippen LogP contribution >= 0.6 is 0 Å². The van der Waals surface area contributed by atoms with Crippen LogP contribution in [0.2, 0.25) is 0 Å². The Morgan fingerprint density at radius 1 is 1.07 bits per heavy atom. The molecule has 1 unspecified atom stereocenters. The molecule has 2 aliphatic rings. The summed E-state index contributed by atoms with van der Waals surface area (Å²) >= 11 is 0. The van der Waals surface area contributed by atoms with Crippen LogP contribution in [0.15, 0.2) is 48.7 Å². The van der Waals surface area contributed by atoms with Gasteiger partial charge in [0.25, 0.3) is 0 Å². The van der Waals surface area contributed by atoms with Crippen LogP contribution in [-0.2, 0) is 4.79 Å². The highest BCUT2D eigenvalue weighted by Gasteiger charge is 2.31. The van der Waals surface area contributed by atoms with Crippen LogP contribution < -0.4 is 15.0 Å². The summed E-state index contributed by atoms with van der Waals surface area (Å²) in [6, 6.07) is 15.2. The summed E-state index contributed by atoms with van der Waals surface area (Å²) in [6.07, 6.45) is 14.5. The van der Waals surface area contributed by atoms with Gasteiger partial charge in [-0.15, -0.1) is 0 Å². The van der Waals surface area contributed by atoms with Crippen LogP contribution in [0, 0.1) is 24.2 Å². The first-order chi connectivity index (χ1) is 19.4. The second-order valence-electron chi connectivity index (χ2n) is 12.0. The van der Waals surface area contributed by atoms with Gasteiger partial charge < -0.3 is 20.4 Å². The van der Waals surface area contributed by atoms with Gasteiger partial charge in [0, 0.05) is 42.2 Å². The first-order valence-electron chi connectivity index (χ1n) is 15.5. The Kier molecular flexibility index (Phi) is 10.9. The van der Waals surface area contributed by atoms with Gasteiger partial charge in [-0.3, -0.25) is 4.79 Å². The third-order valence-electron chi connectivity index (χ3n) is 9.18. The fraction of sp³-hybridized carbons (Fsp3) is 0.543. The van der Waals surface area contributed by atoms with E-state index in [2.05, 4.69) is 61.3 Å². The van der Waals surface area contributed by atoms with E-state index >= 15 is 0 Å². The highest BCUT2D eigenvalue weighted by Crippen LogP contribution is 2.38. The molecular weight excluding hydrogens is 494 g/mol. The first-order valence-corrected chi connectivity index (χ1v) is 15.5. The molecule has 5 heteroatoms. The molecule has 2 aromatic carbocycles. The molecule has 0 spiro atoms. The second kappa shape index (κ2) is 14.5. The minimum atomic E-state index is 0.126. The molecule has 4 rings (SSSR count). The molecule has 0 bridgehead atoms. The minimum absolute atomic E-state index is 0.126. The number of rotatable bonds is 11. The molecule has 0 aromatic heterocycles. The standard InChI is InChI=1S/C35H49N3O2/c1-5-26(3)37-23-32(22-36)30-12-9-13-33(21-30)38(35(39)29-10-7-6-8-11-29)24-27-14-16-28(17-15-27)31-18-19-34(40-4)25(2)20-31/h9,12-13,18-23,26-29,36-37H,5-8,10-11,14-17,24H2,1-4H3/b32-23+,36-22?. The molecule has 1 atom stereocenters. The van der Waals surface area contributed by atoms with Gasteiger partial charge >= 0.3 is 0 Å². The topological polar surface area (TPSA) is 65.4 Å². The summed E-state index contributed by atoms with van der Waals surface area (Å²) in [5, 5.41) is 11.4. The predicted octanol–water partition coefficient (Wildman–Crippen LogP) is 8.27. The van der Waals surface area contributed by atoms with E-state index < -0.39 is 0 Å². The number of hydrogen-bond acceptors (Lipinski definition) is 4. The van der Waals surface area contributed by atoms with Gasteiger partial charge in [-0.2, -0.15) is 0 Å². The molecule has 2 aliphatic carbocycles. The Bertz CT molecular complexity index is 1160. The van der Waals surface area contributed by atoms with E-state index in [1.54, 1.807) is 7.11 Å². The Hall–Kier alpha value is -3.08. The summed E-state index contributed by atoms with van der Waals surface area (Å²) in [7, 11) is 1.73. The number of anilines is 1. The Morgan fingerprint density at radius 2 is 1.82 bits per heavy atom. The number of nitrogens with one attached hydrogen (secondary N) is 2. The molecule has 2 fully saturated rings. The van der Waals surface area contributed by atoms with Crippen molar-refractivity contribution in [3.05, 3.63) is 65.4 Å². The van der Waals surface area contributed by atoms with Crippen LogP contribution in [0.4, 0.5) is 5.69 Å². The van der Waals surface area contributed by atoms with Crippen molar-refractivity contribution in [2.24, 2.45) is 11.8 Å². The zero-order valence-electron chi connectivity index (χ0n) is 25.0. The molecule has 2 N–H and O–H groups in total. The van der Waals surface area contributed by atoms with Crippen molar-refractivity contribution in [1.29, 1.82) is 5.41 Å². The lowest BCUT2D eigenvalue weighted by atomic mass is 9.78. The molecule has 2 saturated carbocycles. The average Bonchev–Trinajstić information content (AvgIpc) is 3.00. The quantitative estimate of drug-likeness (QED) is 0.280. The highest BCUT2D eigenvalue weighted by molar-refractivity contribution is 6.08. The van der Waals surface area contributed by atoms with Gasteiger partial charge in [0.2, 0.25) is 5.91 Å². The molecule has 2 aromatic rings. The second-order valence-corrected chi connectivity index (χ2v) is 12.0. The Labute approximate surface area is 241 Å². The number of ether oxygens (including phenoxy) is 1. The Balaban J connectivity index is 1.51. The molecule has 0 heterocycles. The molecule has 0 saturated heterocycles. The van der Waals surface area contributed by atoms with E-state index in [9.17, 15) is 4.79 Å². The number of nitrogens with zero attached hydrogens (tertiary/aromatic N) is 1. The van der Waals surface area contributed by atoms with E-state index in [4.69, 9.17) is 10.1 Å². The normalized spacial score (nSPS) is 20.9. The SMILES string of the molecule is CCC(C)N/C=C(\C=N)c1cccc(N(CC2CCC(c3ccc(OC)c(C)c3)CC2)C(=O)C2CCCCC2)c1. The molecular formula is C35H49N3O2. The van der Waals surface area contributed by atoms with E-state index in [1.165, 1.54) is 23.8 Å². The van der Waals surface area contributed by atoms with Crippen LogP contribution in [0.3, 0.4) is 0 Å². The number of carbonyl (C=O) groups excluding carboxylic acids is 1. The molecule has 216 valence electrons. The molecule has 5 nitrogen and oxygen atoms in total. The van der Waals surface area contributed by atoms with E-state index in [-0.39, 0.29) is 5.92 Å². The summed E-state index contributed by atoms with van der Waals surface area (Å²) in [6.45, 7) is 7.19. The average molecular weight is 544 g/mol. The molecule has 40 heavy (non-hydrogen) atoms. The lowest BCUT2D eigenvalue weighted by Gasteiger charge is -2.35. The highest BCUT2D eigenvalue weighted by atomic mass is 16.5. The van der Waals surface area contributed by atoms with Crippen LogP contribution in [0.1, 0.15) is 101 Å². The zero-order valence-corrected chi connectivity index (χ0v) is 25.0. The van der Waals surface area contributed by atoms with E-state index in [1.807, 2.05) is 18.3 Å². The van der Waals surface area contributed by atoms with Crippen molar-refractivity contribution in [2.45, 2.75) is 96.9 Å². The predicted molar refractivity (Wildman–Crippen MR) is 167 cm³/mol. The maximum absolute atomic E-state index is 14.0. The number of benzene rings is 2. The molecule has 0 aliphatic heterocycles. The molecule has 1 amide bonds. The van der Waals surface area contributed by atoms with Crippen molar-refractivity contribution in [1.82, 2.24) is 5.32 Å². The van der Waals surface area contributed by atoms with Crippen LogP contribution in [0.5, 0.6) is 5.75 Å². The fourth-order valence-corrected chi connectivity index (χ4v) is 6.40. The largest absolute Gasteiger partial charge is 0.496 e. The maximum Gasteiger partial charge on any atom is 0.230 e. The number of amides is 1. The monoisotopic (exact) mass is 543 g/mol. The van der Waals surface area contributed by atoms with Crippen molar-refractivity contribution in [3.63, 3.8) is 0 Å². The third kappa shape index (κ3) is 7.56. The number of aryl methyl sites for hydroxylation is 1. The number of carbonyl (C=O) groups is 1. The van der Waals surface area contributed by atoms with E-state index in [0.29, 0.717) is 23.8 Å². The van der Waals surface area contributed by atoms with Crippen molar-refractivity contribution >= 4 is 23.4 Å². The maximum atomic E-state index is 14.0. The zero-order chi connectivity index (χ0) is 28.5. The third-order valence-corrected chi connectivity index (χ3v) is 9.18. The van der Waals surface area contributed by atoms with E-state index in [0.717, 1.165) is 86.9 Å². The summed E-state index contributed by atoms with van der Waals surface area (Å²) in [5.41, 5.74) is 5.39. The summed E-state index contributed by atoms with van der Waals surface area (Å²) < 4.78 is 5.47. The first kappa shape index (κ1) is 29.9.